The normalized spacial score (nSPS) is 26.8. The fourth-order valence-corrected chi connectivity index (χ4v) is 4.60. The first-order valence-electron chi connectivity index (χ1n) is 9.09. The van der Waals surface area contributed by atoms with Crippen molar-refractivity contribution in [2.75, 3.05) is 0 Å². The SMILES string of the molecule is CCC(C)(C)N1[C@@H]2CC[C@H]1C[C@@H](Oc1cc(Cl)cc(OC(F)(F)F)c1)C2. The van der Waals surface area contributed by atoms with Gasteiger partial charge in [0.2, 0.25) is 0 Å². The fourth-order valence-electron chi connectivity index (χ4n) is 4.38. The molecular weight excluding hydrogens is 367 g/mol. The summed E-state index contributed by atoms with van der Waals surface area (Å²) in [4.78, 5) is 2.61. The van der Waals surface area contributed by atoms with Crippen molar-refractivity contribution < 1.29 is 22.6 Å². The van der Waals surface area contributed by atoms with Crippen molar-refractivity contribution >= 4 is 11.6 Å². The first-order chi connectivity index (χ1) is 12.1. The first-order valence-corrected chi connectivity index (χ1v) is 9.46. The molecule has 0 amide bonds. The van der Waals surface area contributed by atoms with E-state index in [1.165, 1.54) is 12.1 Å². The molecule has 0 aromatic heterocycles. The monoisotopic (exact) mass is 391 g/mol. The molecule has 0 radical (unpaired) electrons. The molecule has 0 aliphatic carbocycles. The Morgan fingerprint density at radius 3 is 2.19 bits per heavy atom. The molecule has 3 atom stereocenters. The highest BCUT2D eigenvalue weighted by Gasteiger charge is 2.46. The van der Waals surface area contributed by atoms with Gasteiger partial charge in [-0.1, -0.05) is 18.5 Å². The third kappa shape index (κ3) is 4.39. The van der Waals surface area contributed by atoms with Gasteiger partial charge in [-0.25, -0.2) is 0 Å². The molecule has 0 unspecified atom stereocenters. The zero-order valence-electron chi connectivity index (χ0n) is 15.3. The standard InChI is InChI=1S/C19H25ClF3NO2/c1-4-18(2,3)24-13-5-6-14(24)10-16(9-13)25-15-7-12(20)8-17(11-15)26-19(21,22)23/h7-8,11,13-14,16H,4-6,9-10H2,1-3H3/t13-,14+,16+. The second-order valence-electron chi connectivity index (χ2n) is 7.84. The lowest BCUT2D eigenvalue weighted by Gasteiger charge is -2.48. The molecule has 0 N–H and O–H groups in total. The third-order valence-electron chi connectivity index (χ3n) is 5.64. The van der Waals surface area contributed by atoms with Crippen LogP contribution in [0.4, 0.5) is 13.2 Å². The maximum absolute atomic E-state index is 12.5. The topological polar surface area (TPSA) is 21.7 Å². The van der Waals surface area contributed by atoms with Gasteiger partial charge in [-0.05, 0) is 58.1 Å². The van der Waals surface area contributed by atoms with Gasteiger partial charge in [0.25, 0.3) is 0 Å². The molecule has 2 heterocycles. The summed E-state index contributed by atoms with van der Waals surface area (Å²) in [6.45, 7) is 6.75. The molecule has 26 heavy (non-hydrogen) atoms. The van der Waals surface area contributed by atoms with Gasteiger partial charge >= 0.3 is 6.36 Å². The number of rotatable bonds is 5. The number of hydrogen-bond acceptors (Lipinski definition) is 3. The minimum atomic E-state index is -4.75. The molecule has 7 heteroatoms. The second kappa shape index (κ2) is 7.12. The van der Waals surface area contributed by atoms with Crippen LogP contribution in [0.2, 0.25) is 5.02 Å². The van der Waals surface area contributed by atoms with E-state index < -0.39 is 6.36 Å². The van der Waals surface area contributed by atoms with Crippen molar-refractivity contribution in [2.45, 2.75) is 83.0 Å². The summed E-state index contributed by atoms with van der Waals surface area (Å²) in [5, 5.41) is 0.161. The highest BCUT2D eigenvalue weighted by Crippen LogP contribution is 2.43. The molecule has 1 aromatic rings. The van der Waals surface area contributed by atoms with Gasteiger partial charge in [-0.15, -0.1) is 13.2 Å². The van der Waals surface area contributed by atoms with E-state index in [-0.39, 0.29) is 22.4 Å². The predicted octanol–water partition coefficient (Wildman–Crippen LogP) is 5.80. The zero-order valence-corrected chi connectivity index (χ0v) is 16.0. The highest BCUT2D eigenvalue weighted by atomic mass is 35.5. The summed E-state index contributed by atoms with van der Waals surface area (Å²) in [5.74, 6) is -0.0307. The van der Waals surface area contributed by atoms with E-state index in [0.29, 0.717) is 17.8 Å². The molecule has 2 aliphatic rings. The molecule has 3 nitrogen and oxygen atoms in total. The Balaban J connectivity index is 1.70. The number of halogens is 4. The number of hydrogen-bond donors (Lipinski definition) is 0. The van der Waals surface area contributed by atoms with Gasteiger partial charge in [0.05, 0.1) is 0 Å². The van der Waals surface area contributed by atoms with Crippen LogP contribution in [-0.2, 0) is 0 Å². The lowest BCUT2D eigenvalue weighted by Crippen LogP contribution is -2.55. The quantitative estimate of drug-likeness (QED) is 0.633. The number of alkyl halides is 3. The van der Waals surface area contributed by atoms with Gasteiger partial charge in [0.15, 0.2) is 0 Å². The van der Waals surface area contributed by atoms with Gasteiger partial charge < -0.3 is 9.47 Å². The Kier molecular flexibility index (Phi) is 5.37. The van der Waals surface area contributed by atoms with Gasteiger partial charge in [0, 0.05) is 28.7 Å². The van der Waals surface area contributed by atoms with Crippen LogP contribution in [0.3, 0.4) is 0 Å². The summed E-state index contributed by atoms with van der Waals surface area (Å²) in [6, 6.07) is 4.84. The maximum atomic E-state index is 12.5. The van der Waals surface area contributed by atoms with Gasteiger partial charge in [-0.3, -0.25) is 4.90 Å². The van der Waals surface area contributed by atoms with Crippen LogP contribution in [0.25, 0.3) is 0 Å². The largest absolute Gasteiger partial charge is 0.573 e. The van der Waals surface area contributed by atoms with Crippen molar-refractivity contribution in [1.82, 2.24) is 4.90 Å². The van der Waals surface area contributed by atoms with Crippen molar-refractivity contribution in [3.05, 3.63) is 23.2 Å². The van der Waals surface area contributed by atoms with E-state index in [0.717, 1.165) is 38.2 Å². The van der Waals surface area contributed by atoms with Crippen molar-refractivity contribution in [2.24, 2.45) is 0 Å². The van der Waals surface area contributed by atoms with Crippen LogP contribution in [-0.4, -0.2) is 35.0 Å². The first kappa shape index (κ1) is 19.6. The highest BCUT2D eigenvalue weighted by molar-refractivity contribution is 6.30. The lowest BCUT2D eigenvalue weighted by atomic mass is 9.90. The average Bonchev–Trinajstić information content (AvgIpc) is 2.78. The summed E-state index contributed by atoms with van der Waals surface area (Å²) in [7, 11) is 0. The molecule has 1 aromatic carbocycles. The van der Waals surface area contributed by atoms with E-state index in [4.69, 9.17) is 16.3 Å². The summed E-state index contributed by atoms with van der Waals surface area (Å²) in [5.41, 5.74) is 0.153. The van der Waals surface area contributed by atoms with Crippen LogP contribution in [0.1, 0.15) is 52.9 Å². The zero-order chi connectivity index (χ0) is 19.1. The minimum Gasteiger partial charge on any atom is -0.490 e. The fraction of sp³-hybridized carbons (Fsp3) is 0.684. The minimum absolute atomic E-state index is 0.0198. The Labute approximate surface area is 157 Å². The molecule has 2 bridgehead atoms. The van der Waals surface area contributed by atoms with Crippen molar-refractivity contribution in [3.63, 3.8) is 0 Å². The Bertz CT molecular complexity index is 636. The maximum Gasteiger partial charge on any atom is 0.573 e. The van der Waals surface area contributed by atoms with Crippen LogP contribution < -0.4 is 9.47 Å². The van der Waals surface area contributed by atoms with Crippen LogP contribution in [0.15, 0.2) is 18.2 Å². The number of benzene rings is 1. The Morgan fingerprint density at radius 1 is 1.08 bits per heavy atom. The lowest BCUT2D eigenvalue weighted by molar-refractivity contribution is -0.274. The van der Waals surface area contributed by atoms with E-state index in [1.54, 1.807) is 0 Å². The number of fused-ring (bicyclic) bond motifs is 2. The number of ether oxygens (including phenoxy) is 2. The van der Waals surface area contributed by atoms with E-state index >= 15 is 0 Å². The number of piperidine rings is 1. The molecule has 146 valence electrons. The predicted molar refractivity (Wildman–Crippen MR) is 94.8 cm³/mol. The van der Waals surface area contributed by atoms with Gasteiger partial charge in [0.1, 0.15) is 17.6 Å². The summed E-state index contributed by atoms with van der Waals surface area (Å²) >= 11 is 5.93. The molecule has 2 saturated heterocycles. The van der Waals surface area contributed by atoms with Gasteiger partial charge in [-0.2, -0.15) is 0 Å². The second-order valence-corrected chi connectivity index (χ2v) is 8.28. The van der Waals surface area contributed by atoms with E-state index in [2.05, 4.69) is 30.4 Å². The molecule has 0 spiro atoms. The van der Waals surface area contributed by atoms with E-state index in [1.807, 2.05) is 0 Å². The van der Waals surface area contributed by atoms with Crippen LogP contribution in [0.5, 0.6) is 11.5 Å². The third-order valence-corrected chi connectivity index (χ3v) is 5.85. The molecule has 2 aliphatic heterocycles. The molecule has 0 saturated carbocycles. The summed E-state index contributed by atoms with van der Waals surface area (Å²) in [6.07, 6.45) is 0.353. The van der Waals surface area contributed by atoms with Crippen molar-refractivity contribution in [3.8, 4) is 11.5 Å². The summed E-state index contributed by atoms with van der Waals surface area (Å²) < 4.78 is 47.3. The Hall–Kier alpha value is -1.14. The average molecular weight is 392 g/mol. The molecular formula is C19H25ClF3NO2. The Morgan fingerprint density at radius 2 is 1.65 bits per heavy atom. The van der Waals surface area contributed by atoms with E-state index in [9.17, 15) is 13.2 Å². The van der Waals surface area contributed by atoms with Crippen LogP contribution in [0, 0.1) is 0 Å². The van der Waals surface area contributed by atoms with Crippen molar-refractivity contribution in [1.29, 1.82) is 0 Å². The van der Waals surface area contributed by atoms with Crippen LogP contribution >= 0.6 is 11.6 Å². The number of nitrogens with zero attached hydrogens (tertiary/aromatic N) is 1. The molecule has 3 rings (SSSR count). The molecule has 2 fully saturated rings. The smallest absolute Gasteiger partial charge is 0.490 e.